The van der Waals surface area contributed by atoms with E-state index in [0.717, 1.165) is 5.56 Å². The zero-order valence-corrected chi connectivity index (χ0v) is 16.4. The number of amides is 1. The summed E-state index contributed by atoms with van der Waals surface area (Å²) in [6.07, 6.45) is 1.27. The molecular formula is C22H23N3O3. The molecule has 0 radical (unpaired) electrons. The molecule has 28 heavy (non-hydrogen) atoms. The molecule has 0 atom stereocenters. The van der Waals surface area contributed by atoms with Gasteiger partial charge in [-0.2, -0.15) is 5.26 Å². The van der Waals surface area contributed by atoms with E-state index < -0.39 is 5.97 Å². The van der Waals surface area contributed by atoms with Crippen molar-refractivity contribution in [3.05, 3.63) is 71.4 Å². The first-order valence-corrected chi connectivity index (χ1v) is 8.71. The topological polar surface area (TPSA) is 91.2 Å². The number of ether oxygens (including phenoxy) is 1. The van der Waals surface area contributed by atoms with E-state index in [1.807, 2.05) is 24.3 Å². The average molecular weight is 377 g/mol. The highest BCUT2D eigenvalue weighted by molar-refractivity contribution is 6.04. The predicted octanol–water partition coefficient (Wildman–Crippen LogP) is 4.23. The Morgan fingerprint density at radius 3 is 2.07 bits per heavy atom. The van der Waals surface area contributed by atoms with Crippen LogP contribution in [0.3, 0.4) is 0 Å². The number of anilines is 2. The van der Waals surface area contributed by atoms with Crippen molar-refractivity contribution >= 4 is 23.3 Å². The van der Waals surface area contributed by atoms with E-state index in [4.69, 9.17) is 5.26 Å². The first-order chi connectivity index (χ1) is 13.2. The lowest BCUT2D eigenvalue weighted by Crippen LogP contribution is -2.14. The molecule has 0 heterocycles. The molecule has 0 aliphatic rings. The molecule has 2 N–H and O–H groups in total. The third-order valence-corrected chi connectivity index (χ3v) is 4.06. The molecule has 0 unspecified atom stereocenters. The first-order valence-electron chi connectivity index (χ1n) is 8.71. The summed E-state index contributed by atoms with van der Waals surface area (Å²) in [5, 5.41) is 14.6. The Morgan fingerprint density at radius 2 is 1.57 bits per heavy atom. The molecule has 2 aromatic rings. The highest BCUT2D eigenvalue weighted by Crippen LogP contribution is 2.22. The summed E-state index contributed by atoms with van der Waals surface area (Å²) < 4.78 is 4.51. The van der Waals surface area contributed by atoms with Gasteiger partial charge in [-0.05, 0) is 47.4 Å². The average Bonchev–Trinajstić information content (AvgIpc) is 2.68. The van der Waals surface area contributed by atoms with Gasteiger partial charge >= 0.3 is 5.97 Å². The van der Waals surface area contributed by atoms with Crippen molar-refractivity contribution in [2.75, 3.05) is 17.7 Å². The summed E-state index contributed by atoms with van der Waals surface area (Å²) in [5.41, 5.74) is 2.92. The van der Waals surface area contributed by atoms with Gasteiger partial charge in [0, 0.05) is 23.1 Å². The maximum Gasteiger partial charge on any atom is 0.350 e. The van der Waals surface area contributed by atoms with E-state index >= 15 is 0 Å². The zero-order valence-electron chi connectivity index (χ0n) is 16.4. The second kappa shape index (κ2) is 8.87. The lowest BCUT2D eigenvalue weighted by atomic mass is 9.87. The highest BCUT2D eigenvalue weighted by atomic mass is 16.5. The Hall–Kier alpha value is -3.59. The first kappa shape index (κ1) is 20.7. The van der Waals surface area contributed by atoms with Crippen LogP contribution in [0.1, 0.15) is 36.7 Å². The largest absolute Gasteiger partial charge is 0.465 e. The van der Waals surface area contributed by atoms with Gasteiger partial charge in [0.2, 0.25) is 0 Å². The molecule has 1 amide bonds. The number of carbonyl (C=O) groups excluding carboxylic acids is 2. The number of nitriles is 1. The monoisotopic (exact) mass is 377 g/mol. The van der Waals surface area contributed by atoms with Crippen molar-refractivity contribution in [3.63, 3.8) is 0 Å². The van der Waals surface area contributed by atoms with Crippen LogP contribution in [0.15, 0.2) is 60.3 Å². The fourth-order valence-corrected chi connectivity index (χ4v) is 2.38. The number of methoxy groups -OCH3 is 1. The SMILES string of the molecule is COC(=O)/C(C#N)=C\Nc1ccc(NC(=O)c2ccc(C(C)(C)C)cc2)cc1. The molecule has 2 aromatic carbocycles. The molecule has 0 aromatic heterocycles. The van der Waals surface area contributed by atoms with Crippen LogP contribution in [0.2, 0.25) is 0 Å². The number of hydrogen-bond donors (Lipinski definition) is 2. The van der Waals surface area contributed by atoms with E-state index in [9.17, 15) is 9.59 Å². The van der Waals surface area contributed by atoms with Crippen molar-refractivity contribution in [3.8, 4) is 6.07 Å². The fraction of sp³-hybridized carbons (Fsp3) is 0.227. The van der Waals surface area contributed by atoms with Gasteiger partial charge in [-0.1, -0.05) is 32.9 Å². The minimum atomic E-state index is -0.712. The summed E-state index contributed by atoms with van der Waals surface area (Å²) in [7, 11) is 1.21. The molecular weight excluding hydrogens is 354 g/mol. The van der Waals surface area contributed by atoms with Crippen molar-refractivity contribution < 1.29 is 14.3 Å². The smallest absolute Gasteiger partial charge is 0.350 e. The maximum atomic E-state index is 12.4. The van der Waals surface area contributed by atoms with Crippen LogP contribution >= 0.6 is 0 Å². The fourth-order valence-electron chi connectivity index (χ4n) is 2.38. The molecule has 0 spiro atoms. The van der Waals surface area contributed by atoms with Crippen molar-refractivity contribution in [2.24, 2.45) is 0 Å². The maximum absolute atomic E-state index is 12.4. The van der Waals surface area contributed by atoms with Crippen LogP contribution in [0.4, 0.5) is 11.4 Å². The van der Waals surface area contributed by atoms with E-state index in [2.05, 4.69) is 36.1 Å². The van der Waals surface area contributed by atoms with Gasteiger partial charge in [0.1, 0.15) is 6.07 Å². The Balaban J connectivity index is 2.02. The summed E-state index contributed by atoms with van der Waals surface area (Å²) in [4.78, 5) is 23.7. The molecule has 0 fully saturated rings. The number of benzene rings is 2. The standard InChI is InChI=1S/C22H23N3O3/c1-22(2,3)17-7-5-15(6-8-17)20(26)25-19-11-9-18(10-12-19)24-14-16(13-23)21(27)28-4/h5-12,14,24H,1-4H3,(H,25,26)/b16-14-. The Kier molecular flexibility index (Phi) is 6.56. The van der Waals surface area contributed by atoms with Gasteiger partial charge in [0.15, 0.2) is 5.57 Å². The van der Waals surface area contributed by atoms with E-state index in [-0.39, 0.29) is 16.9 Å². The van der Waals surface area contributed by atoms with Gasteiger partial charge < -0.3 is 15.4 Å². The molecule has 0 aliphatic heterocycles. The highest BCUT2D eigenvalue weighted by Gasteiger charge is 2.14. The molecule has 144 valence electrons. The van der Waals surface area contributed by atoms with Gasteiger partial charge in [-0.3, -0.25) is 4.79 Å². The molecule has 0 bridgehead atoms. The summed E-state index contributed by atoms with van der Waals surface area (Å²) in [6, 6.07) is 16.2. The van der Waals surface area contributed by atoms with Crippen LogP contribution < -0.4 is 10.6 Å². The summed E-state index contributed by atoms with van der Waals surface area (Å²) in [6.45, 7) is 6.37. The number of nitrogens with one attached hydrogen (secondary N) is 2. The normalized spacial score (nSPS) is 11.3. The van der Waals surface area contributed by atoms with Gasteiger partial charge in [-0.25, -0.2) is 4.79 Å². The van der Waals surface area contributed by atoms with Crippen LogP contribution in [0.5, 0.6) is 0 Å². The van der Waals surface area contributed by atoms with E-state index in [0.29, 0.717) is 16.9 Å². The third-order valence-electron chi connectivity index (χ3n) is 4.06. The minimum Gasteiger partial charge on any atom is -0.465 e. The van der Waals surface area contributed by atoms with Gasteiger partial charge in [-0.15, -0.1) is 0 Å². The van der Waals surface area contributed by atoms with Crippen molar-refractivity contribution in [1.82, 2.24) is 0 Å². The summed E-state index contributed by atoms with van der Waals surface area (Å²) in [5.74, 6) is -0.908. The minimum absolute atomic E-state index is 0.0333. The number of hydrogen-bond acceptors (Lipinski definition) is 5. The van der Waals surface area contributed by atoms with Crippen LogP contribution in [0.25, 0.3) is 0 Å². The molecule has 6 nitrogen and oxygen atoms in total. The molecule has 0 saturated carbocycles. The number of rotatable bonds is 5. The van der Waals surface area contributed by atoms with Gasteiger partial charge in [0.25, 0.3) is 5.91 Å². The Labute approximate surface area is 164 Å². The molecule has 2 rings (SSSR count). The predicted molar refractivity (Wildman–Crippen MR) is 109 cm³/mol. The number of esters is 1. The van der Waals surface area contributed by atoms with E-state index in [1.165, 1.54) is 13.3 Å². The Morgan fingerprint density at radius 1 is 1.00 bits per heavy atom. The zero-order chi connectivity index (χ0) is 20.7. The summed E-state index contributed by atoms with van der Waals surface area (Å²) >= 11 is 0. The number of carbonyl (C=O) groups is 2. The van der Waals surface area contributed by atoms with Crippen LogP contribution in [0, 0.1) is 11.3 Å². The lowest BCUT2D eigenvalue weighted by Gasteiger charge is -2.19. The Bertz CT molecular complexity index is 915. The van der Waals surface area contributed by atoms with Crippen LogP contribution in [-0.2, 0) is 14.9 Å². The number of nitrogens with zero attached hydrogens (tertiary/aromatic N) is 1. The quantitative estimate of drug-likeness (QED) is 0.462. The third kappa shape index (κ3) is 5.45. The van der Waals surface area contributed by atoms with Crippen molar-refractivity contribution in [1.29, 1.82) is 5.26 Å². The molecule has 0 saturated heterocycles. The lowest BCUT2D eigenvalue weighted by molar-refractivity contribution is -0.135. The van der Waals surface area contributed by atoms with Gasteiger partial charge in [0.05, 0.1) is 7.11 Å². The van der Waals surface area contributed by atoms with Crippen molar-refractivity contribution in [2.45, 2.75) is 26.2 Å². The van der Waals surface area contributed by atoms with E-state index in [1.54, 1.807) is 30.3 Å². The second-order valence-electron chi connectivity index (χ2n) is 7.16. The second-order valence-corrected chi connectivity index (χ2v) is 7.16. The van der Waals surface area contributed by atoms with Crippen LogP contribution in [-0.4, -0.2) is 19.0 Å². The molecule has 0 aliphatic carbocycles. The molecule has 6 heteroatoms.